The van der Waals surface area contributed by atoms with Crippen molar-refractivity contribution in [3.8, 4) is 0 Å². The fourth-order valence-corrected chi connectivity index (χ4v) is 2.82. The summed E-state index contributed by atoms with van der Waals surface area (Å²) in [6.07, 6.45) is 2.99. The maximum atomic E-state index is 13.2. The van der Waals surface area contributed by atoms with Gasteiger partial charge in [-0.25, -0.2) is 14.2 Å². The topological polar surface area (TPSA) is 85.4 Å². The zero-order valence-electron chi connectivity index (χ0n) is 15.1. The van der Waals surface area contributed by atoms with E-state index in [1.807, 2.05) is 0 Å². The molecule has 0 amide bonds. The standard InChI is InChI=1S/C21H17FN2O4/c1-3-5-12-10-17(25)18-15(19(12)26)11-16(21(27)28-4-2)24-20(18)23-14-8-6-13(22)7-9-14/h3,6-11H,1,4-5H2,2H3,(H,23,24). The van der Waals surface area contributed by atoms with Gasteiger partial charge in [0.1, 0.15) is 11.6 Å². The van der Waals surface area contributed by atoms with Crippen molar-refractivity contribution in [3.05, 3.63) is 77.3 Å². The van der Waals surface area contributed by atoms with Gasteiger partial charge in [-0.2, -0.15) is 0 Å². The summed E-state index contributed by atoms with van der Waals surface area (Å²) in [4.78, 5) is 41.8. The molecule has 1 heterocycles. The number of nitrogens with zero attached hydrogens (tertiary/aromatic N) is 1. The number of halogens is 1. The molecular formula is C21H17FN2O4. The predicted molar refractivity (Wildman–Crippen MR) is 101 cm³/mol. The summed E-state index contributed by atoms with van der Waals surface area (Å²) < 4.78 is 18.1. The molecule has 6 nitrogen and oxygen atoms in total. The van der Waals surface area contributed by atoms with Gasteiger partial charge in [0.15, 0.2) is 17.3 Å². The zero-order valence-corrected chi connectivity index (χ0v) is 15.1. The Morgan fingerprint density at radius 3 is 2.64 bits per heavy atom. The van der Waals surface area contributed by atoms with E-state index in [0.717, 1.165) is 0 Å². The van der Waals surface area contributed by atoms with Crippen molar-refractivity contribution in [2.45, 2.75) is 13.3 Å². The zero-order chi connectivity index (χ0) is 20.3. The van der Waals surface area contributed by atoms with Crippen LogP contribution in [0, 0.1) is 5.82 Å². The van der Waals surface area contributed by atoms with Crippen molar-refractivity contribution < 1.29 is 23.5 Å². The minimum absolute atomic E-state index is 0.0272. The fourth-order valence-electron chi connectivity index (χ4n) is 2.82. The molecule has 0 unspecified atom stereocenters. The molecule has 1 aromatic carbocycles. The molecule has 0 saturated heterocycles. The number of carbonyl (C=O) groups excluding carboxylic acids is 3. The molecule has 1 aliphatic carbocycles. The highest BCUT2D eigenvalue weighted by atomic mass is 19.1. The SMILES string of the molecule is C=CCC1=CC(=O)c2c(cc(C(=O)OCC)nc2Nc2ccc(F)cc2)C1=O. The van der Waals surface area contributed by atoms with E-state index in [4.69, 9.17) is 4.74 Å². The van der Waals surface area contributed by atoms with E-state index in [0.29, 0.717) is 5.69 Å². The second-order valence-corrected chi connectivity index (χ2v) is 5.99. The van der Waals surface area contributed by atoms with E-state index in [1.165, 1.54) is 42.5 Å². The monoisotopic (exact) mass is 380 g/mol. The van der Waals surface area contributed by atoms with Gasteiger partial charge in [0, 0.05) is 16.8 Å². The number of benzene rings is 1. The molecular weight excluding hydrogens is 363 g/mol. The van der Waals surface area contributed by atoms with Crippen LogP contribution in [0.15, 0.2) is 54.6 Å². The number of anilines is 2. The summed E-state index contributed by atoms with van der Waals surface area (Å²) in [6.45, 7) is 5.37. The van der Waals surface area contributed by atoms with Crippen molar-refractivity contribution >= 4 is 29.0 Å². The molecule has 28 heavy (non-hydrogen) atoms. The summed E-state index contributed by atoms with van der Waals surface area (Å²) in [7, 11) is 0. The normalized spacial score (nSPS) is 12.9. The number of rotatable bonds is 6. The van der Waals surface area contributed by atoms with E-state index in [2.05, 4.69) is 16.9 Å². The molecule has 0 saturated carbocycles. The average Bonchev–Trinajstić information content (AvgIpc) is 2.67. The third-order valence-corrected chi connectivity index (χ3v) is 4.06. The molecule has 7 heteroatoms. The summed E-state index contributed by atoms with van der Waals surface area (Å²) >= 11 is 0. The third-order valence-electron chi connectivity index (χ3n) is 4.06. The number of Topliss-reactive ketones (excluding diaryl/α,β-unsaturated/α-hetero) is 1. The molecule has 3 rings (SSSR count). The van der Waals surface area contributed by atoms with Gasteiger partial charge in [-0.05, 0) is 49.8 Å². The summed E-state index contributed by atoms with van der Waals surface area (Å²) in [5, 5.41) is 2.89. The van der Waals surface area contributed by atoms with Crippen LogP contribution >= 0.6 is 0 Å². The lowest BCUT2D eigenvalue weighted by atomic mass is 9.88. The number of allylic oxidation sites excluding steroid dienone is 3. The van der Waals surface area contributed by atoms with Crippen LogP contribution in [0.2, 0.25) is 0 Å². The van der Waals surface area contributed by atoms with Gasteiger partial charge in [0.05, 0.1) is 12.2 Å². The molecule has 0 aliphatic heterocycles. The highest BCUT2D eigenvalue weighted by molar-refractivity contribution is 6.26. The van der Waals surface area contributed by atoms with Crippen LogP contribution in [0.1, 0.15) is 44.5 Å². The van der Waals surface area contributed by atoms with Crippen LogP contribution in [0.5, 0.6) is 0 Å². The predicted octanol–water partition coefficient (Wildman–Crippen LogP) is 4.02. The molecule has 0 fully saturated rings. The Morgan fingerprint density at radius 2 is 2.00 bits per heavy atom. The largest absolute Gasteiger partial charge is 0.461 e. The first-order valence-corrected chi connectivity index (χ1v) is 8.59. The quantitative estimate of drug-likeness (QED) is 0.602. The highest BCUT2D eigenvalue weighted by Crippen LogP contribution is 2.30. The Hall–Kier alpha value is -3.61. The molecule has 0 atom stereocenters. The van der Waals surface area contributed by atoms with Crippen molar-refractivity contribution in [2.75, 3.05) is 11.9 Å². The molecule has 1 aromatic heterocycles. The first-order valence-electron chi connectivity index (χ1n) is 8.59. The minimum atomic E-state index is -0.715. The number of carbonyl (C=O) groups is 3. The molecule has 1 N–H and O–H groups in total. The number of fused-ring (bicyclic) bond motifs is 1. The Kier molecular flexibility index (Phi) is 5.44. The number of ketones is 2. The molecule has 0 spiro atoms. The number of ether oxygens (including phenoxy) is 1. The van der Waals surface area contributed by atoms with E-state index >= 15 is 0 Å². The van der Waals surface area contributed by atoms with Crippen LogP contribution in [-0.4, -0.2) is 29.1 Å². The Balaban J connectivity index is 2.14. The van der Waals surface area contributed by atoms with Crippen LogP contribution < -0.4 is 5.32 Å². The maximum absolute atomic E-state index is 13.2. The van der Waals surface area contributed by atoms with Gasteiger partial charge in [0.25, 0.3) is 0 Å². The lowest BCUT2D eigenvalue weighted by Gasteiger charge is -2.19. The number of hydrogen-bond acceptors (Lipinski definition) is 6. The fraction of sp³-hybridized carbons (Fsp3) is 0.143. The Morgan fingerprint density at radius 1 is 1.29 bits per heavy atom. The minimum Gasteiger partial charge on any atom is -0.461 e. The van der Waals surface area contributed by atoms with E-state index in [1.54, 1.807) is 6.92 Å². The Bertz CT molecular complexity index is 1010. The van der Waals surface area contributed by atoms with Crippen molar-refractivity contribution in [1.29, 1.82) is 0 Å². The number of esters is 1. The summed E-state index contributed by atoms with van der Waals surface area (Å²) in [5.41, 5.74) is 0.730. The van der Waals surface area contributed by atoms with Crippen molar-refractivity contribution in [3.63, 3.8) is 0 Å². The molecule has 2 aromatic rings. The van der Waals surface area contributed by atoms with Gasteiger partial charge < -0.3 is 10.1 Å². The van der Waals surface area contributed by atoms with E-state index in [9.17, 15) is 18.8 Å². The number of nitrogens with one attached hydrogen (secondary N) is 1. The summed E-state index contributed by atoms with van der Waals surface area (Å²) in [6, 6.07) is 6.64. The number of aromatic nitrogens is 1. The first kappa shape index (κ1) is 19.2. The van der Waals surface area contributed by atoms with Gasteiger partial charge in [-0.15, -0.1) is 6.58 Å². The molecule has 0 bridgehead atoms. The average molecular weight is 380 g/mol. The third kappa shape index (κ3) is 3.73. The van der Waals surface area contributed by atoms with Crippen LogP contribution in [-0.2, 0) is 4.74 Å². The summed E-state index contributed by atoms with van der Waals surface area (Å²) in [5.74, 6) is -1.92. The van der Waals surface area contributed by atoms with E-state index in [-0.39, 0.29) is 47.0 Å². The highest BCUT2D eigenvalue weighted by Gasteiger charge is 2.30. The van der Waals surface area contributed by atoms with Gasteiger partial charge in [-0.3, -0.25) is 9.59 Å². The second-order valence-electron chi connectivity index (χ2n) is 5.99. The van der Waals surface area contributed by atoms with Crippen molar-refractivity contribution in [1.82, 2.24) is 4.98 Å². The lowest BCUT2D eigenvalue weighted by molar-refractivity contribution is 0.0519. The number of pyridine rings is 1. The van der Waals surface area contributed by atoms with Crippen LogP contribution in [0.25, 0.3) is 0 Å². The molecule has 142 valence electrons. The van der Waals surface area contributed by atoms with Gasteiger partial charge in [0.2, 0.25) is 0 Å². The van der Waals surface area contributed by atoms with Crippen molar-refractivity contribution in [2.24, 2.45) is 0 Å². The molecule has 0 radical (unpaired) electrons. The molecule has 1 aliphatic rings. The van der Waals surface area contributed by atoms with Gasteiger partial charge in [-0.1, -0.05) is 6.08 Å². The Labute approximate surface area is 160 Å². The smallest absolute Gasteiger partial charge is 0.357 e. The maximum Gasteiger partial charge on any atom is 0.357 e. The lowest BCUT2D eigenvalue weighted by Crippen LogP contribution is -2.21. The van der Waals surface area contributed by atoms with Crippen LogP contribution in [0.3, 0.4) is 0 Å². The second kappa shape index (κ2) is 7.96. The van der Waals surface area contributed by atoms with Crippen LogP contribution in [0.4, 0.5) is 15.9 Å². The van der Waals surface area contributed by atoms with E-state index < -0.39 is 17.6 Å². The van der Waals surface area contributed by atoms with Gasteiger partial charge >= 0.3 is 5.97 Å². The first-order chi connectivity index (χ1) is 13.4. The number of hydrogen-bond donors (Lipinski definition) is 1.